The van der Waals surface area contributed by atoms with Crippen LogP contribution >= 0.6 is 0 Å². The molecule has 3 amide bonds. The number of carbonyl (C=O) groups is 3. The average molecular weight is 348 g/mol. The van der Waals surface area contributed by atoms with Gasteiger partial charge in [-0.2, -0.15) is 0 Å². The molecule has 2 atom stereocenters. The Morgan fingerprint density at radius 1 is 0.962 bits per heavy atom. The molecule has 5 heteroatoms. The summed E-state index contributed by atoms with van der Waals surface area (Å²) in [6.45, 7) is 0.143. The summed E-state index contributed by atoms with van der Waals surface area (Å²) in [7, 11) is 0. The zero-order chi connectivity index (χ0) is 18.1. The van der Waals surface area contributed by atoms with Crippen molar-refractivity contribution in [3.05, 3.63) is 54.6 Å². The van der Waals surface area contributed by atoms with Gasteiger partial charge in [-0.15, -0.1) is 0 Å². The van der Waals surface area contributed by atoms with E-state index < -0.39 is 0 Å². The Morgan fingerprint density at radius 3 is 2.31 bits per heavy atom. The van der Waals surface area contributed by atoms with Crippen LogP contribution in [0.1, 0.15) is 19.3 Å². The largest absolute Gasteiger partial charge is 0.326 e. The van der Waals surface area contributed by atoms with Crippen LogP contribution in [0.25, 0.3) is 10.8 Å². The van der Waals surface area contributed by atoms with Crippen molar-refractivity contribution in [2.24, 2.45) is 11.8 Å². The standard InChI is InChI=1S/C21H20N2O3/c24-19(22-16-10-9-14-5-1-2-6-15(14)13-16)11-12-23-20(25)17-7-3-4-8-18(17)21(23)26/h1-6,9-10,13,17-18H,7-8,11-12H2,(H,22,24). The van der Waals surface area contributed by atoms with Crippen LogP contribution in [0.3, 0.4) is 0 Å². The third-order valence-electron chi connectivity index (χ3n) is 5.19. The van der Waals surface area contributed by atoms with Crippen LogP contribution in [0, 0.1) is 11.8 Å². The predicted octanol–water partition coefficient (Wildman–Crippen LogP) is 3.12. The molecule has 1 heterocycles. The first-order chi connectivity index (χ1) is 12.6. The zero-order valence-corrected chi connectivity index (χ0v) is 14.4. The van der Waals surface area contributed by atoms with Crippen molar-refractivity contribution < 1.29 is 14.4 Å². The third kappa shape index (κ3) is 3.01. The van der Waals surface area contributed by atoms with Crippen molar-refractivity contribution >= 4 is 34.2 Å². The van der Waals surface area contributed by atoms with Crippen LogP contribution in [0.15, 0.2) is 54.6 Å². The van der Waals surface area contributed by atoms with Gasteiger partial charge < -0.3 is 5.32 Å². The van der Waals surface area contributed by atoms with Gasteiger partial charge in [-0.3, -0.25) is 19.3 Å². The lowest BCUT2D eigenvalue weighted by Crippen LogP contribution is -2.34. The van der Waals surface area contributed by atoms with Crippen molar-refractivity contribution in [2.75, 3.05) is 11.9 Å². The van der Waals surface area contributed by atoms with E-state index in [1.807, 2.05) is 54.6 Å². The average Bonchev–Trinajstić information content (AvgIpc) is 2.91. The Kier molecular flexibility index (Phi) is 4.29. The fraction of sp³-hybridized carbons (Fsp3) is 0.286. The smallest absolute Gasteiger partial charge is 0.233 e. The Bertz CT molecular complexity index is 892. The molecule has 0 aromatic heterocycles. The Hall–Kier alpha value is -2.95. The van der Waals surface area contributed by atoms with Gasteiger partial charge in [-0.1, -0.05) is 42.5 Å². The second-order valence-corrected chi connectivity index (χ2v) is 6.84. The first-order valence-electron chi connectivity index (χ1n) is 8.92. The molecule has 2 aromatic rings. The molecule has 1 aliphatic heterocycles. The van der Waals surface area contributed by atoms with Gasteiger partial charge in [0.15, 0.2) is 0 Å². The van der Waals surface area contributed by atoms with E-state index in [1.165, 1.54) is 4.90 Å². The fourth-order valence-corrected chi connectivity index (χ4v) is 3.79. The summed E-state index contributed by atoms with van der Waals surface area (Å²) in [5, 5.41) is 5.00. The molecule has 0 radical (unpaired) electrons. The highest BCUT2D eigenvalue weighted by molar-refractivity contribution is 6.06. The van der Waals surface area contributed by atoms with E-state index in [0.717, 1.165) is 10.8 Å². The molecule has 1 saturated heterocycles. The first-order valence-corrected chi connectivity index (χ1v) is 8.92. The van der Waals surface area contributed by atoms with Crippen LogP contribution in [-0.2, 0) is 14.4 Å². The molecule has 132 valence electrons. The van der Waals surface area contributed by atoms with Crippen LogP contribution in [0.5, 0.6) is 0 Å². The summed E-state index contributed by atoms with van der Waals surface area (Å²) < 4.78 is 0. The number of nitrogens with zero attached hydrogens (tertiary/aromatic N) is 1. The van der Waals surface area contributed by atoms with Gasteiger partial charge in [0.05, 0.1) is 11.8 Å². The Morgan fingerprint density at radius 2 is 1.62 bits per heavy atom. The normalized spacial score (nSPS) is 21.9. The number of allylic oxidation sites excluding steroid dienone is 2. The number of benzene rings is 2. The quantitative estimate of drug-likeness (QED) is 0.682. The number of likely N-dealkylation sites (tertiary alicyclic amines) is 1. The lowest BCUT2D eigenvalue weighted by atomic mass is 9.85. The highest BCUT2D eigenvalue weighted by Crippen LogP contribution is 2.35. The van der Waals surface area contributed by atoms with Gasteiger partial charge in [-0.25, -0.2) is 0 Å². The summed E-state index contributed by atoms with van der Waals surface area (Å²) in [6.07, 6.45) is 5.27. The maximum atomic E-state index is 12.4. The summed E-state index contributed by atoms with van der Waals surface area (Å²) >= 11 is 0. The van der Waals surface area contributed by atoms with Gasteiger partial charge in [0.1, 0.15) is 0 Å². The summed E-state index contributed by atoms with van der Waals surface area (Å²) in [5.41, 5.74) is 0.714. The molecule has 1 N–H and O–H groups in total. The number of anilines is 1. The molecule has 2 aliphatic rings. The summed E-state index contributed by atoms with van der Waals surface area (Å²) in [6, 6.07) is 13.6. The molecule has 0 saturated carbocycles. The van der Waals surface area contributed by atoms with Crippen molar-refractivity contribution in [1.82, 2.24) is 4.90 Å². The maximum Gasteiger partial charge on any atom is 0.233 e. The molecule has 5 nitrogen and oxygen atoms in total. The third-order valence-corrected chi connectivity index (χ3v) is 5.19. The molecule has 4 rings (SSSR count). The Labute approximate surface area is 151 Å². The number of hydrogen-bond donors (Lipinski definition) is 1. The molecule has 1 fully saturated rings. The van der Waals surface area contributed by atoms with E-state index in [1.54, 1.807) is 0 Å². The number of nitrogens with one attached hydrogen (secondary N) is 1. The van der Waals surface area contributed by atoms with Crippen molar-refractivity contribution in [2.45, 2.75) is 19.3 Å². The molecule has 2 aromatic carbocycles. The van der Waals surface area contributed by atoms with Crippen molar-refractivity contribution in [3.8, 4) is 0 Å². The highest BCUT2D eigenvalue weighted by Gasteiger charge is 2.46. The number of imide groups is 1. The molecular weight excluding hydrogens is 328 g/mol. The predicted molar refractivity (Wildman–Crippen MR) is 99.3 cm³/mol. The summed E-state index contributed by atoms with van der Waals surface area (Å²) in [4.78, 5) is 38.3. The van der Waals surface area contributed by atoms with Gasteiger partial charge in [0.25, 0.3) is 0 Å². The monoisotopic (exact) mass is 348 g/mol. The molecular formula is C21H20N2O3. The molecule has 1 aliphatic carbocycles. The van der Waals surface area contributed by atoms with Crippen molar-refractivity contribution in [1.29, 1.82) is 0 Å². The molecule has 2 unspecified atom stereocenters. The summed E-state index contributed by atoms with van der Waals surface area (Å²) in [5.74, 6) is -0.952. The minimum atomic E-state index is -0.240. The lowest BCUT2D eigenvalue weighted by molar-refractivity contribution is -0.140. The van der Waals surface area contributed by atoms with Crippen LogP contribution in [0.4, 0.5) is 5.69 Å². The number of carbonyl (C=O) groups excluding carboxylic acids is 3. The second-order valence-electron chi connectivity index (χ2n) is 6.84. The van der Waals surface area contributed by atoms with E-state index in [0.29, 0.717) is 18.5 Å². The molecule has 26 heavy (non-hydrogen) atoms. The van der Waals surface area contributed by atoms with Crippen LogP contribution < -0.4 is 5.32 Å². The molecule has 0 bridgehead atoms. The first kappa shape index (κ1) is 16.5. The topological polar surface area (TPSA) is 66.5 Å². The zero-order valence-electron chi connectivity index (χ0n) is 14.4. The van der Waals surface area contributed by atoms with E-state index in [-0.39, 0.29) is 42.5 Å². The second kappa shape index (κ2) is 6.75. The minimum Gasteiger partial charge on any atom is -0.326 e. The van der Waals surface area contributed by atoms with Crippen LogP contribution in [0.2, 0.25) is 0 Å². The number of hydrogen-bond acceptors (Lipinski definition) is 3. The Balaban J connectivity index is 1.37. The number of amides is 3. The van der Waals surface area contributed by atoms with E-state index in [2.05, 4.69) is 5.32 Å². The van der Waals surface area contributed by atoms with Crippen molar-refractivity contribution in [3.63, 3.8) is 0 Å². The number of fused-ring (bicyclic) bond motifs is 2. The highest BCUT2D eigenvalue weighted by atomic mass is 16.2. The minimum absolute atomic E-state index is 0.108. The van der Waals surface area contributed by atoms with Gasteiger partial charge >= 0.3 is 0 Å². The SMILES string of the molecule is O=C(CCN1C(=O)C2CC=CCC2C1=O)Nc1ccc2ccccc2c1. The van der Waals surface area contributed by atoms with Gasteiger partial charge in [0.2, 0.25) is 17.7 Å². The maximum absolute atomic E-state index is 12.4. The van der Waals surface area contributed by atoms with E-state index >= 15 is 0 Å². The fourth-order valence-electron chi connectivity index (χ4n) is 3.79. The molecule has 0 spiro atoms. The van der Waals surface area contributed by atoms with Crippen LogP contribution in [-0.4, -0.2) is 29.2 Å². The number of rotatable bonds is 4. The van der Waals surface area contributed by atoms with Gasteiger partial charge in [-0.05, 0) is 35.7 Å². The van der Waals surface area contributed by atoms with E-state index in [4.69, 9.17) is 0 Å². The lowest BCUT2D eigenvalue weighted by Gasteiger charge is -2.14. The van der Waals surface area contributed by atoms with Gasteiger partial charge in [0, 0.05) is 18.7 Å². The van der Waals surface area contributed by atoms with E-state index in [9.17, 15) is 14.4 Å².